The zero-order valence-electron chi connectivity index (χ0n) is 12.7. The Morgan fingerprint density at radius 1 is 1.27 bits per heavy atom. The van der Waals surface area contributed by atoms with Crippen LogP contribution in [0.5, 0.6) is 5.75 Å². The normalized spacial score (nSPS) is 11.3. The molecule has 0 heterocycles. The molecule has 0 aliphatic rings. The summed E-state index contributed by atoms with van der Waals surface area (Å²) < 4.78 is 5.57. The second kappa shape index (κ2) is 7.28. The molecule has 0 aliphatic carbocycles. The minimum Gasteiger partial charge on any atom is -0.481 e. The first-order valence-corrected chi connectivity index (χ1v) is 7.09. The third-order valence-corrected chi connectivity index (χ3v) is 3.36. The average molecular weight is 294 g/mol. The lowest BCUT2D eigenvalue weighted by atomic mass is 10.1. The van der Waals surface area contributed by atoms with E-state index in [1.807, 2.05) is 37.3 Å². The van der Waals surface area contributed by atoms with E-state index < -0.39 is 6.10 Å². The summed E-state index contributed by atoms with van der Waals surface area (Å²) in [5.74, 6) is 0.322. The van der Waals surface area contributed by atoms with E-state index in [4.69, 9.17) is 10.00 Å². The van der Waals surface area contributed by atoms with Gasteiger partial charge in [0.05, 0.1) is 11.6 Å². The summed E-state index contributed by atoms with van der Waals surface area (Å²) in [4.78, 5) is 12.1. The maximum Gasteiger partial charge on any atom is 0.261 e. The summed E-state index contributed by atoms with van der Waals surface area (Å²) in [6, 6.07) is 16.7. The van der Waals surface area contributed by atoms with Crippen LogP contribution in [0.1, 0.15) is 23.6 Å². The van der Waals surface area contributed by atoms with Gasteiger partial charge in [-0.2, -0.15) is 5.26 Å². The molecule has 2 aromatic rings. The van der Waals surface area contributed by atoms with Gasteiger partial charge in [0.1, 0.15) is 5.75 Å². The zero-order chi connectivity index (χ0) is 15.9. The molecule has 0 bridgehead atoms. The summed E-state index contributed by atoms with van der Waals surface area (Å²) >= 11 is 0. The topological polar surface area (TPSA) is 62.1 Å². The fraction of sp³-hybridized carbons (Fsp3) is 0.222. The Hall–Kier alpha value is -2.80. The highest BCUT2D eigenvalue weighted by Crippen LogP contribution is 2.14. The number of hydrogen-bond donors (Lipinski definition) is 1. The smallest absolute Gasteiger partial charge is 0.261 e. The molecule has 22 heavy (non-hydrogen) atoms. The molecule has 1 atom stereocenters. The molecule has 0 saturated carbocycles. The molecular weight excluding hydrogens is 276 g/mol. The average Bonchev–Trinajstić information content (AvgIpc) is 2.54. The highest BCUT2D eigenvalue weighted by Gasteiger charge is 2.14. The number of carbonyl (C=O) groups is 1. The summed E-state index contributed by atoms with van der Waals surface area (Å²) in [5.41, 5.74) is 2.72. The third-order valence-electron chi connectivity index (χ3n) is 3.36. The van der Waals surface area contributed by atoms with Crippen molar-refractivity contribution in [2.45, 2.75) is 26.5 Å². The fourth-order valence-electron chi connectivity index (χ4n) is 2.03. The fourth-order valence-corrected chi connectivity index (χ4v) is 2.03. The Labute approximate surface area is 130 Å². The van der Waals surface area contributed by atoms with Crippen LogP contribution in [0.15, 0.2) is 48.5 Å². The van der Waals surface area contributed by atoms with Crippen LogP contribution in [-0.2, 0) is 11.3 Å². The van der Waals surface area contributed by atoms with Gasteiger partial charge in [-0.05, 0) is 43.2 Å². The second-order valence-corrected chi connectivity index (χ2v) is 5.04. The van der Waals surface area contributed by atoms with E-state index in [0.29, 0.717) is 17.9 Å². The number of rotatable bonds is 5. The van der Waals surface area contributed by atoms with E-state index in [1.165, 1.54) is 0 Å². The van der Waals surface area contributed by atoms with Crippen molar-refractivity contribution in [2.75, 3.05) is 0 Å². The quantitative estimate of drug-likeness (QED) is 0.922. The van der Waals surface area contributed by atoms with Crippen molar-refractivity contribution in [3.8, 4) is 11.8 Å². The first-order chi connectivity index (χ1) is 10.6. The van der Waals surface area contributed by atoms with Crippen molar-refractivity contribution < 1.29 is 9.53 Å². The van der Waals surface area contributed by atoms with Crippen LogP contribution in [0.2, 0.25) is 0 Å². The highest BCUT2D eigenvalue weighted by molar-refractivity contribution is 5.80. The number of aryl methyl sites for hydroxylation is 1. The third kappa shape index (κ3) is 4.10. The van der Waals surface area contributed by atoms with Gasteiger partial charge in [-0.25, -0.2) is 0 Å². The molecule has 1 unspecified atom stereocenters. The number of amides is 1. The van der Waals surface area contributed by atoms with Gasteiger partial charge in [-0.3, -0.25) is 4.79 Å². The highest BCUT2D eigenvalue weighted by atomic mass is 16.5. The molecule has 0 spiro atoms. The zero-order valence-corrected chi connectivity index (χ0v) is 12.7. The molecule has 4 heteroatoms. The van der Waals surface area contributed by atoms with Crippen molar-refractivity contribution >= 4 is 5.91 Å². The van der Waals surface area contributed by atoms with E-state index in [2.05, 4.69) is 5.32 Å². The van der Waals surface area contributed by atoms with E-state index in [1.54, 1.807) is 31.2 Å². The Bertz CT molecular complexity index is 704. The number of benzene rings is 2. The first-order valence-electron chi connectivity index (χ1n) is 7.09. The number of nitriles is 1. The predicted molar refractivity (Wildman–Crippen MR) is 84.3 cm³/mol. The Kier molecular flexibility index (Phi) is 5.16. The maximum absolute atomic E-state index is 12.1. The lowest BCUT2D eigenvalue weighted by Gasteiger charge is -2.15. The number of nitrogens with one attached hydrogen (secondary N) is 1. The van der Waals surface area contributed by atoms with Crippen molar-refractivity contribution in [3.05, 3.63) is 65.2 Å². The van der Waals surface area contributed by atoms with E-state index in [9.17, 15) is 4.79 Å². The summed E-state index contributed by atoms with van der Waals surface area (Å²) in [6.07, 6.45) is -0.627. The van der Waals surface area contributed by atoms with Crippen molar-refractivity contribution in [3.63, 3.8) is 0 Å². The van der Waals surface area contributed by atoms with Crippen LogP contribution in [0.3, 0.4) is 0 Å². The van der Waals surface area contributed by atoms with E-state index in [-0.39, 0.29) is 5.91 Å². The van der Waals surface area contributed by atoms with Gasteiger partial charge in [-0.1, -0.05) is 30.3 Å². The van der Waals surface area contributed by atoms with Crippen molar-refractivity contribution in [2.24, 2.45) is 0 Å². The molecule has 112 valence electrons. The van der Waals surface area contributed by atoms with E-state index in [0.717, 1.165) is 11.1 Å². The molecule has 1 amide bonds. The van der Waals surface area contributed by atoms with Crippen LogP contribution in [0.25, 0.3) is 0 Å². The lowest BCUT2D eigenvalue weighted by Crippen LogP contribution is -2.36. The molecule has 0 radical (unpaired) electrons. The SMILES string of the molecule is Cc1ccccc1CNC(=O)C(C)Oc1cccc(C#N)c1. The van der Waals surface area contributed by atoms with Gasteiger partial charge in [0.25, 0.3) is 5.91 Å². The molecule has 1 N–H and O–H groups in total. The van der Waals surface area contributed by atoms with Crippen LogP contribution in [0, 0.1) is 18.3 Å². The van der Waals surface area contributed by atoms with Crippen LogP contribution in [0.4, 0.5) is 0 Å². The van der Waals surface area contributed by atoms with E-state index >= 15 is 0 Å². The van der Waals surface area contributed by atoms with Gasteiger partial charge in [0.15, 0.2) is 6.10 Å². The van der Waals surface area contributed by atoms with Gasteiger partial charge in [0, 0.05) is 6.54 Å². The lowest BCUT2D eigenvalue weighted by molar-refractivity contribution is -0.127. The van der Waals surface area contributed by atoms with Gasteiger partial charge in [-0.15, -0.1) is 0 Å². The molecule has 4 nitrogen and oxygen atoms in total. The molecule has 0 saturated heterocycles. The van der Waals surface area contributed by atoms with Crippen LogP contribution >= 0.6 is 0 Å². The molecule has 0 fully saturated rings. The Morgan fingerprint density at radius 2 is 2.05 bits per heavy atom. The number of hydrogen-bond acceptors (Lipinski definition) is 3. The van der Waals surface area contributed by atoms with Crippen molar-refractivity contribution in [1.29, 1.82) is 5.26 Å². The number of ether oxygens (including phenoxy) is 1. The van der Waals surface area contributed by atoms with Crippen LogP contribution in [-0.4, -0.2) is 12.0 Å². The van der Waals surface area contributed by atoms with Crippen LogP contribution < -0.4 is 10.1 Å². The molecule has 0 aromatic heterocycles. The monoisotopic (exact) mass is 294 g/mol. The van der Waals surface area contributed by atoms with Gasteiger partial charge >= 0.3 is 0 Å². The molecular formula is C18H18N2O2. The Balaban J connectivity index is 1.92. The summed E-state index contributed by atoms with van der Waals surface area (Å²) in [7, 11) is 0. The van der Waals surface area contributed by atoms with Gasteiger partial charge in [0.2, 0.25) is 0 Å². The molecule has 2 rings (SSSR count). The number of nitrogens with zero attached hydrogens (tertiary/aromatic N) is 1. The number of carbonyl (C=O) groups excluding carboxylic acids is 1. The van der Waals surface area contributed by atoms with Gasteiger partial charge < -0.3 is 10.1 Å². The first kappa shape index (κ1) is 15.6. The standard InChI is InChI=1S/C18H18N2O2/c1-13-6-3-4-8-16(13)12-20-18(21)14(2)22-17-9-5-7-15(10-17)11-19/h3-10,14H,12H2,1-2H3,(H,20,21). The largest absolute Gasteiger partial charge is 0.481 e. The maximum atomic E-state index is 12.1. The minimum atomic E-state index is -0.627. The predicted octanol–water partition coefficient (Wildman–Crippen LogP) is 2.95. The Morgan fingerprint density at radius 3 is 2.77 bits per heavy atom. The second-order valence-electron chi connectivity index (χ2n) is 5.04. The molecule has 2 aromatic carbocycles. The van der Waals surface area contributed by atoms with Crippen molar-refractivity contribution in [1.82, 2.24) is 5.32 Å². The molecule has 0 aliphatic heterocycles. The minimum absolute atomic E-state index is 0.189. The summed E-state index contributed by atoms with van der Waals surface area (Å²) in [5, 5.41) is 11.7. The summed E-state index contributed by atoms with van der Waals surface area (Å²) in [6.45, 7) is 4.17.